The summed E-state index contributed by atoms with van der Waals surface area (Å²) in [6, 6.07) is 10.7. The lowest BCUT2D eigenvalue weighted by Gasteiger charge is -2.10. The van der Waals surface area contributed by atoms with E-state index in [9.17, 15) is 0 Å². The fraction of sp³-hybridized carbons (Fsp3) is 0.286. The molecule has 0 spiro atoms. The lowest BCUT2D eigenvalue weighted by atomic mass is 10.2. The van der Waals surface area contributed by atoms with E-state index in [1.807, 2.05) is 0 Å². The summed E-state index contributed by atoms with van der Waals surface area (Å²) in [6.07, 6.45) is 0. The van der Waals surface area contributed by atoms with Crippen molar-refractivity contribution in [2.45, 2.75) is 27.3 Å². The molecule has 1 aromatic heterocycles. The molecule has 0 aliphatic rings. The quantitative estimate of drug-likeness (QED) is 0.871. The summed E-state index contributed by atoms with van der Waals surface area (Å²) in [5.74, 6) is 0. The third-order valence-corrected chi connectivity index (χ3v) is 3.05. The van der Waals surface area contributed by atoms with Crippen LogP contribution in [0.2, 0.25) is 0 Å². The molecule has 2 aromatic rings. The van der Waals surface area contributed by atoms with Crippen LogP contribution in [0.5, 0.6) is 0 Å². The molecule has 0 aliphatic heterocycles. The molecule has 0 amide bonds. The van der Waals surface area contributed by atoms with E-state index in [4.69, 9.17) is 5.73 Å². The van der Waals surface area contributed by atoms with Crippen molar-refractivity contribution in [2.75, 3.05) is 0 Å². The van der Waals surface area contributed by atoms with Crippen LogP contribution >= 0.6 is 12.4 Å². The van der Waals surface area contributed by atoms with Gasteiger partial charge in [0.15, 0.2) is 0 Å². The predicted octanol–water partition coefficient (Wildman–Crippen LogP) is 3.28. The molecule has 2 rings (SSSR count). The summed E-state index contributed by atoms with van der Waals surface area (Å²) in [4.78, 5) is 0. The Morgan fingerprint density at radius 2 is 1.65 bits per heavy atom. The van der Waals surface area contributed by atoms with Crippen molar-refractivity contribution in [3.05, 3.63) is 52.8 Å². The van der Waals surface area contributed by atoms with E-state index < -0.39 is 0 Å². The van der Waals surface area contributed by atoms with Gasteiger partial charge in [0.1, 0.15) is 0 Å². The number of nitrogens with zero attached hydrogens (tertiary/aromatic N) is 1. The van der Waals surface area contributed by atoms with Gasteiger partial charge in [0, 0.05) is 23.6 Å². The van der Waals surface area contributed by atoms with Crippen molar-refractivity contribution in [3.63, 3.8) is 0 Å². The highest BCUT2D eigenvalue weighted by molar-refractivity contribution is 5.85. The van der Waals surface area contributed by atoms with Crippen LogP contribution in [0.15, 0.2) is 30.3 Å². The van der Waals surface area contributed by atoms with E-state index >= 15 is 0 Å². The lowest BCUT2D eigenvalue weighted by Crippen LogP contribution is -2.01. The first-order valence-electron chi connectivity index (χ1n) is 5.58. The molecule has 0 saturated heterocycles. The van der Waals surface area contributed by atoms with Gasteiger partial charge < -0.3 is 10.3 Å². The van der Waals surface area contributed by atoms with Crippen LogP contribution in [-0.2, 0) is 6.54 Å². The molecule has 0 atom stereocenters. The third-order valence-electron chi connectivity index (χ3n) is 3.05. The standard InChI is InChI=1S/C14H18N2.ClH/c1-10-4-6-14(7-5-10)16-11(2)8-13(9-15)12(16)3;/h4-8H,9,15H2,1-3H3;1H. The van der Waals surface area contributed by atoms with Gasteiger partial charge in [-0.05, 0) is 44.5 Å². The lowest BCUT2D eigenvalue weighted by molar-refractivity contribution is 0.942. The number of aryl methyl sites for hydroxylation is 2. The molecule has 1 heterocycles. The van der Waals surface area contributed by atoms with Gasteiger partial charge in [0.05, 0.1) is 0 Å². The summed E-state index contributed by atoms with van der Waals surface area (Å²) in [7, 11) is 0. The minimum Gasteiger partial charge on any atom is -0.326 e. The average molecular weight is 251 g/mol. The Labute approximate surface area is 109 Å². The largest absolute Gasteiger partial charge is 0.326 e. The highest BCUT2D eigenvalue weighted by atomic mass is 35.5. The van der Waals surface area contributed by atoms with E-state index in [0.29, 0.717) is 6.54 Å². The number of hydrogen-bond donors (Lipinski definition) is 1. The fourth-order valence-corrected chi connectivity index (χ4v) is 2.13. The van der Waals surface area contributed by atoms with E-state index in [1.54, 1.807) is 0 Å². The molecular weight excluding hydrogens is 232 g/mol. The fourth-order valence-electron chi connectivity index (χ4n) is 2.13. The SMILES string of the molecule is Cc1ccc(-n2c(C)cc(CN)c2C)cc1.Cl. The summed E-state index contributed by atoms with van der Waals surface area (Å²) < 4.78 is 2.25. The van der Waals surface area contributed by atoms with Crippen LogP contribution in [0.3, 0.4) is 0 Å². The third kappa shape index (κ3) is 2.54. The molecule has 0 aliphatic carbocycles. The van der Waals surface area contributed by atoms with Crippen molar-refractivity contribution in [2.24, 2.45) is 5.73 Å². The van der Waals surface area contributed by atoms with Crippen molar-refractivity contribution in [1.82, 2.24) is 4.57 Å². The number of hydrogen-bond acceptors (Lipinski definition) is 1. The summed E-state index contributed by atoms with van der Waals surface area (Å²) in [5.41, 5.74) is 11.9. The highest BCUT2D eigenvalue weighted by Gasteiger charge is 2.08. The van der Waals surface area contributed by atoms with Crippen molar-refractivity contribution >= 4 is 12.4 Å². The molecule has 0 fully saturated rings. The van der Waals surface area contributed by atoms with Gasteiger partial charge in [0.25, 0.3) is 0 Å². The maximum Gasteiger partial charge on any atom is 0.0455 e. The van der Waals surface area contributed by atoms with Crippen LogP contribution in [0.1, 0.15) is 22.5 Å². The highest BCUT2D eigenvalue weighted by Crippen LogP contribution is 2.20. The van der Waals surface area contributed by atoms with E-state index in [0.717, 1.165) is 0 Å². The zero-order valence-corrected chi connectivity index (χ0v) is 11.3. The maximum absolute atomic E-state index is 5.72. The first kappa shape index (κ1) is 13.8. The number of halogens is 1. The molecule has 0 bridgehead atoms. The zero-order chi connectivity index (χ0) is 11.7. The normalized spacial score (nSPS) is 10.1. The monoisotopic (exact) mass is 250 g/mol. The number of rotatable bonds is 2. The minimum atomic E-state index is 0. The first-order chi connectivity index (χ1) is 7.63. The Morgan fingerprint density at radius 1 is 1.06 bits per heavy atom. The average Bonchev–Trinajstić information content (AvgIpc) is 2.56. The van der Waals surface area contributed by atoms with Crippen molar-refractivity contribution < 1.29 is 0 Å². The molecule has 2 nitrogen and oxygen atoms in total. The second-order valence-corrected chi connectivity index (χ2v) is 4.27. The second kappa shape index (κ2) is 5.39. The summed E-state index contributed by atoms with van der Waals surface area (Å²) >= 11 is 0. The zero-order valence-electron chi connectivity index (χ0n) is 10.5. The van der Waals surface area contributed by atoms with Gasteiger partial charge in [-0.25, -0.2) is 0 Å². The van der Waals surface area contributed by atoms with E-state index in [1.165, 1.54) is 28.2 Å². The van der Waals surface area contributed by atoms with Gasteiger partial charge in [0.2, 0.25) is 0 Å². The van der Waals surface area contributed by atoms with Gasteiger partial charge in [-0.2, -0.15) is 0 Å². The summed E-state index contributed by atoms with van der Waals surface area (Å²) in [6.45, 7) is 6.94. The molecule has 92 valence electrons. The maximum atomic E-state index is 5.72. The molecule has 0 unspecified atom stereocenters. The Kier molecular flexibility index (Phi) is 4.38. The van der Waals surface area contributed by atoms with Gasteiger partial charge in [-0.3, -0.25) is 0 Å². The molecule has 1 aromatic carbocycles. The van der Waals surface area contributed by atoms with E-state index in [2.05, 4.69) is 55.7 Å². The Bertz CT molecular complexity index is 498. The molecule has 3 heteroatoms. The number of benzene rings is 1. The topological polar surface area (TPSA) is 30.9 Å². The molecule has 0 radical (unpaired) electrons. The van der Waals surface area contributed by atoms with Gasteiger partial charge in [-0.1, -0.05) is 17.7 Å². The predicted molar refractivity (Wildman–Crippen MR) is 75.1 cm³/mol. The van der Waals surface area contributed by atoms with Gasteiger partial charge in [-0.15, -0.1) is 12.4 Å². The molecule has 0 saturated carbocycles. The smallest absolute Gasteiger partial charge is 0.0455 e. The van der Waals surface area contributed by atoms with Crippen LogP contribution < -0.4 is 5.73 Å². The number of aromatic nitrogens is 1. The van der Waals surface area contributed by atoms with Crippen molar-refractivity contribution in [1.29, 1.82) is 0 Å². The van der Waals surface area contributed by atoms with Crippen LogP contribution in [-0.4, -0.2) is 4.57 Å². The van der Waals surface area contributed by atoms with E-state index in [-0.39, 0.29) is 12.4 Å². The molecule has 2 N–H and O–H groups in total. The Hall–Kier alpha value is -1.25. The second-order valence-electron chi connectivity index (χ2n) is 4.27. The van der Waals surface area contributed by atoms with Crippen LogP contribution in [0, 0.1) is 20.8 Å². The molecular formula is C14H19ClN2. The number of nitrogens with two attached hydrogens (primary N) is 1. The van der Waals surface area contributed by atoms with Crippen molar-refractivity contribution in [3.8, 4) is 5.69 Å². The summed E-state index contributed by atoms with van der Waals surface area (Å²) in [5, 5.41) is 0. The molecule has 17 heavy (non-hydrogen) atoms. The Balaban J connectivity index is 0.00000144. The minimum absolute atomic E-state index is 0. The van der Waals surface area contributed by atoms with Gasteiger partial charge >= 0.3 is 0 Å². The Morgan fingerprint density at radius 3 is 2.12 bits per heavy atom. The van der Waals surface area contributed by atoms with Crippen LogP contribution in [0.4, 0.5) is 0 Å². The first-order valence-corrected chi connectivity index (χ1v) is 5.58. The van der Waals surface area contributed by atoms with Crippen LogP contribution in [0.25, 0.3) is 5.69 Å².